The van der Waals surface area contributed by atoms with Gasteiger partial charge in [-0.25, -0.2) is 9.18 Å². The van der Waals surface area contributed by atoms with Crippen LogP contribution in [0.3, 0.4) is 0 Å². The first-order valence-corrected chi connectivity index (χ1v) is 7.13. The Morgan fingerprint density at radius 3 is 2.35 bits per heavy atom. The molecule has 126 valence electrons. The Hall–Kier alpha value is -2.64. The van der Waals surface area contributed by atoms with Crippen LogP contribution in [0, 0.1) is 11.2 Å². The largest absolute Gasteiger partial charge is 0.481 e. The summed E-state index contributed by atoms with van der Waals surface area (Å²) < 4.78 is 13.6. The summed E-state index contributed by atoms with van der Waals surface area (Å²) >= 11 is 0. The third-order valence-corrected chi connectivity index (χ3v) is 3.89. The van der Waals surface area contributed by atoms with E-state index in [1.54, 1.807) is 13.8 Å². The normalized spacial score (nSPS) is 10.9. The molecule has 0 aromatic heterocycles. The number of nitrogens with two attached hydrogens (primary N) is 1. The fraction of sp³-hybridized carbons (Fsp3) is 0.400. The van der Waals surface area contributed by atoms with Gasteiger partial charge in [0.15, 0.2) is 0 Å². The number of carboxylic acids is 1. The van der Waals surface area contributed by atoms with E-state index in [0.717, 1.165) is 12.1 Å². The molecule has 5 N–H and O–H groups in total. The summed E-state index contributed by atoms with van der Waals surface area (Å²) in [6, 6.07) is 2.55. The second kappa shape index (κ2) is 7.57. The quantitative estimate of drug-likeness (QED) is 0.612. The number of hydrogen-bond donors (Lipinski definition) is 4. The van der Waals surface area contributed by atoms with Gasteiger partial charge in [0.1, 0.15) is 5.82 Å². The molecule has 8 heteroatoms. The van der Waals surface area contributed by atoms with E-state index in [9.17, 15) is 23.9 Å². The summed E-state index contributed by atoms with van der Waals surface area (Å²) in [6.45, 7) is 3.33. The minimum atomic E-state index is -1.08. The monoisotopic (exact) mass is 325 g/mol. The van der Waals surface area contributed by atoms with Crippen molar-refractivity contribution in [1.82, 2.24) is 5.32 Å². The lowest BCUT2D eigenvalue weighted by Crippen LogP contribution is -2.43. The van der Waals surface area contributed by atoms with Crippen molar-refractivity contribution in [2.45, 2.75) is 26.7 Å². The maximum Gasteiger partial charge on any atom is 0.319 e. The molecule has 0 bridgehead atoms. The zero-order valence-corrected chi connectivity index (χ0v) is 13.0. The predicted octanol–water partition coefficient (Wildman–Crippen LogP) is 1.94. The molecule has 1 aromatic carbocycles. The zero-order chi connectivity index (χ0) is 17.6. The Morgan fingerprint density at radius 1 is 1.26 bits per heavy atom. The summed E-state index contributed by atoms with van der Waals surface area (Å²) in [6.07, 6.45) is 0.676. The number of benzene rings is 1. The number of anilines is 1. The van der Waals surface area contributed by atoms with Crippen LogP contribution in [0.1, 0.15) is 37.0 Å². The molecule has 0 atom stereocenters. The number of rotatable bonds is 7. The summed E-state index contributed by atoms with van der Waals surface area (Å²) in [7, 11) is 0. The van der Waals surface area contributed by atoms with Gasteiger partial charge < -0.3 is 21.5 Å². The van der Waals surface area contributed by atoms with Gasteiger partial charge in [-0.05, 0) is 31.0 Å². The predicted molar refractivity (Wildman–Crippen MR) is 82.6 cm³/mol. The van der Waals surface area contributed by atoms with Crippen molar-refractivity contribution in [2.75, 3.05) is 11.9 Å². The molecule has 0 radical (unpaired) electrons. The van der Waals surface area contributed by atoms with Crippen LogP contribution in [0.4, 0.5) is 14.9 Å². The highest BCUT2D eigenvalue weighted by molar-refractivity contribution is 5.96. The first-order valence-electron chi connectivity index (χ1n) is 7.13. The van der Waals surface area contributed by atoms with Crippen molar-refractivity contribution >= 4 is 23.6 Å². The smallest absolute Gasteiger partial charge is 0.319 e. The molecule has 1 rings (SSSR count). The topological polar surface area (TPSA) is 122 Å². The molecule has 23 heavy (non-hydrogen) atoms. The van der Waals surface area contributed by atoms with Gasteiger partial charge in [0, 0.05) is 12.1 Å². The molecular weight excluding hydrogens is 305 g/mol. The van der Waals surface area contributed by atoms with E-state index >= 15 is 0 Å². The van der Waals surface area contributed by atoms with Crippen LogP contribution in [0.25, 0.3) is 0 Å². The molecule has 0 saturated carbocycles. The number of primary amides is 1. The van der Waals surface area contributed by atoms with E-state index in [-0.39, 0.29) is 17.8 Å². The second-order valence-corrected chi connectivity index (χ2v) is 5.16. The van der Waals surface area contributed by atoms with Crippen LogP contribution < -0.4 is 16.4 Å². The number of halogens is 1. The van der Waals surface area contributed by atoms with Gasteiger partial charge in [0.05, 0.1) is 11.1 Å². The van der Waals surface area contributed by atoms with Crippen LogP contribution in [-0.2, 0) is 4.79 Å². The Bertz CT molecular complexity index is 615. The number of amides is 3. The Kier molecular flexibility index (Phi) is 6.06. The van der Waals surface area contributed by atoms with E-state index < -0.39 is 29.1 Å². The third kappa shape index (κ3) is 4.41. The van der Waals surface area contributed by atoms with Crippen molar-refractivity contribution in [3.63, 3.8) is 0 Å². The molecule has 0 unspecified atom stereocenters. The number of carbonyl (C=O) groups is 3. The summed E-state index contributed by atoms with van der Waals surface area (Å²) in [5.74, 6) is -2.50. The van der Waals surface area contributed by atoms with Crippen LogP contribution in [0.15, 0.2) is 18.2 Å². The number of aliphatic carboxylic acids is 1. The van der Waals surface area contributed by atoms with Crippen molar-refractivity contribution in [2.24, 2.45) is 11.1 Å². The Balaban J connectivity index is 2.79. The molecule has 3 amide bonds. The zero-order valence-electron chi connectivity index (χ0n) is 13.0. The van der Waals surface area contributed by atoms with Crippen molar-refractivity contribution in [3.05, 3.63) is 29.6 Å². The molecule has 0 aliphatic rings. The van der Waals surface area contributed by atoms with Crippen molar-refractivity contribution < 1.29 is 23.9 Å². The minimum Gasteiger partial charge on any atom is -0.481 e. The van der Waals surface area contributed by atoms with E-state index in [0.29, 0.717) is 12.8 Å². The number of carbonyl (C=O) groups excluding carboxylic acids is 2. The molecular formula is C15H20FN3O4. The average molecular weight is 325 g/mol. The fourth-order valence-electron chi connectivity index (χ4n) is 2.07. The van der Waals surface area contributed by atoms with Gasteiger partial charge in [-0.2, -0.15) is 0 Å². The average Bonchev–Trinajstić information content (AvgIpc) is 2.50. The fourth-order valence-corrected chi connectivity index (χ4v) is 2.07. The summed E-state index contributed by atoms with van der Waals surface area (Å²) in [5.41, 5.74) is 3.85. The van der Waals surface area contributed by atoms with Crippen LogP contribution >= 0.6 is 0 Å². The lowest BCUT2D eigenvalue weighted by molar-refractivity contribution is -0.149. The molecule has 0 aliphatic heterocycles. The van der Waals surface area contributed by atoms with Crippen molar-refractivity contribution in [3.8, 4) is 0 Å². The van der Waals surface area contributed by atoms with Gasteiger partial charge in [-0.1, -0.05) is 13.8 Å². The molecule has 0 fully saturated rings. The van der Waals surface area contributed by atoms with Crippen molar-refractivity contribution in [1.29, 1.82) is 0 Å². The number of hydrogen-bond acceptors (Lipinski definition) is 3. The van der Waals surface area contributed by atoms with E-state index in [1.807, 2.05) is 0 Å². The maximum atomic E-state index is 13.6. The standard InChI is InChI=1S/C15H20FN3O4/c1-3-15(4-2,13(21)22)8-18-14(23)19-11-7-9(12(17)20)5-6-10(11)16/h5-7H,3-4,8H2,1-2H3,(H2,17,20)(H,21,22)(H2,18,19,23). The lowest BCUT2D eigenvalue weighted by atomic mass is 9.82. The minimum absolute atomic E-state index is 0.0451. The van der Waals surface area contributed by atoms with Crippen LogP contribution in [-0.4, -0.2) is 29.6 Å². The van der Waals surface area contributed by atoms with Crippen LogP contribution in [0.2, 0.25) is 0 Å². The number of carboxylic acid groups (broad SMARTS) is 1. The van der Waals surface area contributed by atoms with E-state index in [2.05, 4.69) is 10.6 Å². The first-order chi connectivity index (χ1) is 10.8. The van der Waals surface area contributed by atoms with Gasteiger partial charge in [0.2, 0.25) is 5.91 Å². The van der Waals surface area contributed by atoms with Gasteiger partial charge in [0.25, 0.3) is 0 Å². The summed E-state index contributed by atoms with van der Waals surface area (Å²) in [5, 5.41) is 13.9. The van der Waals surface area contributed by atoms with E-state index in [4.69, 9.17) is 5.73 Å². The second-order valence-electron chi connectivity index (χ2n) is 5.16. The maximum absolute atomic E-state index is 13.6. The third-order valence-electron chi connectivity index (χ3n) is 3.89. The Labute approximate surface area is 133 Å². The highest BCUT2D eigenvalue weighted by atomic mass is 19.1. The summed E-state index contributed by atoms with van der Waals surface area (Å²) in [4.78, 5) is 34.3. The highest BCUT2D eigenvalue weighted by Gasteiger charge is 2.35. The molecule has 0 saturated heterocycles. The molecule has 0 aliphatic carbocycles. The van der Waals surface area contributed by atoms with Gasteiger partial charge in [-0.3, -0.25) is 9.59 Å². The molecule has 0 heterocycles. The highest BCUT2D eigenvalue weighted by Crippen LogP contribution is 2.25. The van der Waals surface area contributed by atoms with Crippen LogP contribution in [0.5, 0.6) is 0 Å². The molecule has 7 nitrogen and oxygen atoms in total. The van der Waals surface area contributed by atoms with E-state index in [1.165, 1.54) is 6.07 Å². The van der Waals surface area contributed by atoms with Gasteiger partial charge >= 0.3 is 12.0 Å². The lowest BCUT2D eigenvalue weighted by Gasteiger charge is -2.26. The van der Waals surface area contributed by atoms with Gasteiger partial charge in [-0.15, -0.1) is 0 Å². The first kappa shape index (κ1) is 18.4. The molecule has 1 aromatic rings. The number of urea groups is 1. The Morgan fingerprint density at radius 2 is 1.87 bits per heavy atom. The SMILES string of the molecule is CCC(CC)(CNC(=O)Nc1cc(C(N)=O)ccc1F)C(=O)O. The molecule has 0 spiro atoms. The number of nitrogens with one attached hydrogen (secondary N) is 2.